The number of guanidine groups is 1. The molecule has 0 radical (unpaired) electrons. The number of benzene rings is 2. The summed E-state index contributed by atoms with van der Waals surface area (Å²) in [5, 5.41) is 8.12. The number of H-pyrrole nitrogens is 1. The number of aromatic nitrogens is 1. The second-order valence-electron chi connectivity index (χ2n) is 7.20. The van der Waals surface area contributed by atoms with E-state index in [0.717, 1.165) is 38.3 Å². The van der Waals surface area contributed by atoms with Gasteiger partial charge in [-0.2, -0.15) is 0 Å². The van der Waals surface area contributed by atoms with Crippen LogP contribution in [0.2, 0.25) is 0 Å². The monoisotopic (exact) mass is 377 g/mol. The Labute approximate surface area is 167 Å². The first-order chi connectivity index (χ1) is 13.7. The van der Waals surface area contributed by atoms with Gasteiger partial charge in [0, 0.05) is 57.0 Å². The molecule has 5 nitrogen and oxygen atoms in total. The number of hydrogen-bond donors (Lipinski definition) is 3. The van der Waals surface area contributed by atoms with E-state index in [9.17, 15) is 0 Å². The molecule has 0 unspecified atom stereocenters. The highest BCUT2D eigenvalue weighted by Crippen LogP contribution is 2.17. The summed E-state index contributed by atoms with van der Waals surface area (Å²) >= 11 is 0. The Morgan fingerprint density at radius 2 is 1.71 bits per heavy atom. The Morgan fingerprint density at radius 3 is 2.46 bits per heavy atom. The highest BCUT2D eigenvalue weighted by atomic mass is 15.2. The number of aromatic amines is 1. The summed E-state index contributed by atoms with van der Waals surface area (Å²) in [5.41, 5.74) is 5.13. The van der Waals surface area contributed by atoms with Crippen LogP contribution in [0.1, 0.15) is 17.5 Å². The summed E-state index contributed by atoms with van der Waals surface area (Å²) in [6.07, 6.45) is 5.20. The van der Waals surface area contributed by atoms with Crippen molar-refractivity contribution in [2.45, 2.75) is 19.3 Å². The van der Waals surface area contributed by atoms with E-state index in [2.05, 4.69) is 94.3 Å². The maximum Gasteiger partial charge on any atom is 0.190 e. The van der Waals surface area contributed by atoms with Gasteiger partial charge >= 0.3 is 0 Å². The molecule has 2 aromatic carbocycles. The van der Waals surface area contributed by atoms with Crippen molar-refractivity contribution in [3.63, 3.8) is 0 Å². The van der Waals surface area contributed by atoms with Gasteiger partial charge in [-0.3, -0.25) is 4.99 Å². The zero-order chi connectivity index (χ0) is 19.8. The van der Waals surface area contributed by atoms with Gasteiger partial charge in [-0.15, -0.1) is 0 Å². The van der Waals surface area contributed by atoms with Gasteiger partial charge in [-0.05, 0) is 48.6 Å². The molecule has 0 saturated heterocycles. The highest BCUT2D eigenvalue weighted by molar-refractivity contribution is 5.83. The number of rotatable bonds is 8. The standard InChI is InChI=1S/C23H31N5/c1-24-23(25-15-6-7-18-10-12-20(13-11-18)28(2)3)26-16-14-19-17-27-22-9-5-4-8-21(19)22/h4-5,8-13,17,27H,6-7,14-16H2,1-3H3,(H2,24,25,26). The van der Waals surface area contributed by atoms with Crippen LogP contribution in [0.25, 0.3) is 10.9 Å². The Morgan fingerprint density at radius 1 is 0.964 bits per heavy atom. The predicted molar refractivity (Wildman–Crippen MR) is 120 cm³/mol. The zero-order valence-electron chi connectivity index (χ0n) is 17.1. The largest absolute Gasteiger partial charge is 0.378 e. The molecular weight excluding hydrogens is 346 g/mol. The van der Waals surface area contributed by atoms with Crippen LogP contribution in [-0.4, -0.2) is 45.2 Å². The smallest absolute Gasteiger partial charge is 0.190 e. The third kappa shape index (κ3) is 5.28. The van der Waals surface area contributed by atoms with Gasteiger partial charge in [0.05, 0.1) is 0 Å². The highest BCUT2D eigenvalue weighted by Gasteiger charge is 2.03. The van der Waals surface area contributed by atoms with Gasteiger partial charge in [0.15, 0.2) is 5.96 Å². The molecule has 0 aliphatic rings. The normalized spacial score (nSPS) is 11.6. The lowest BCUT2D eigenvalue weighted by Gasteiger charge is -2.13. The van der Waals surface area contributed by atoms with E-state index in [1.165, 1.54) is 27.7 Å². The molecule has 0 bridgehead atoms. The SMILES string of the molecule is CN=C(NCCCc1ccc(N(C)C)cc1)NCCc1c[nH]c2ccccc12. The fraction of sp³-hybridized carbons (Fsp3) is 0.348. The Balaban J connectivity index is 1.37. The number of hydrogen-bond acceptors (Lipinski definition) is 2. The van der Waals surface area contributed by atoms with E-state index in [0.29, 0.717) is 0 Å². The van der Waals surface area contributed by atoms with Crippen LogP contribution < -0.4 is 15.5 Å². The van der Waals surface area contributed by atoms with Crippen molar-refractivity contribution in [1.29, 1.82) is 0 Å². The van der Waals surface area contributed by atoms with Crippen molar-refractivity contribution in [3.8, 4) is 0 Å². The lowest BCUT2D eigenvalue weighted by molar-refractivity contribution is 0.739. The molecule has 1 heterocycles. The molecule has 3 aromatic rings. The summed E-state index contributed by atoms with van der Waals surface area (Å²) in [6, 6.07) is 17.2. The number of aryl methyl sites for hydroxylation is 1. The molecule has 5 heteroatoms. The molecule has 0 saturated carbocycles. The third-order valence-corrected chi connectivity index (χ3v) is 4.97. The van der Waals surface area contributed by atoms with Gasteiger partial charge in [-0.1, -0.05) is 30.3 Å². The fourth-order valence-corrected chi connectivity index (χ4v) is 3.33. The molecular formula is C23H31N5. The number of anilines is 1. The van der Waals surface area contributed by atoms with Crippen molar-refractivity contribution < 1.29 is 0 Å². The fourth-order valence-electron chi connectivity index (χ4n) is 3.33. The van der Waals surface area contributed by atoms with Gasteiger partial charge in [0.1, 0.15) is 0 Å². The quantitative estimate of drug-likeness (QED) is 0.320. The molecule has 0 aliphatic carbocycles. The lowest BCUT2D eigenvalue weighted by Crippen LogP contribution is -2.38. The van der Waals surface area contributed by atoms with Crippen molar-refractivity contribution in [2.24, 2.45) is 4.99 Å². The van der Waals surface area contributed by atoms with Crippen molar-refractivity contribution in [2.75, 3.05) is 39.1 Å². The zero-order valence-corrected chi connectivity index (χ0v) is 17.1. The number of para-hydroxylation sites is 1. The van der Waals surface area contributed by atoms with E-state index in [4.69, 9.17) is 0 Å². The van der Waals surface area contributed by atoms with E-state index in [-0.39, 0.29) is 0 Å². The summed E-state index contributed by atoms with van der Waals surface area (Å²) in [6.45, 7) is 1.76. The van der Waals surface area contributed by atoms with Crippen molar-refractivity contribution in [1.82, 2.24) is 15.6 Å². The molecule has 28 heavy (non-hydrogen) atoms. The molecule has 0 fully saturated rings. The second-order valence-corrected chi connectivity index (χ2v) is 7.20. The first-order valence-electron chi connectivity index (χ1n) is 9.93. The number of nitrogens with one attached hydrogen (secondary N) is 3. The maximum atomic E-state index is 4.33. The first-order valence-corrected chi connectivity index (χ1v) is 9.93. The van der Waals surface area contributed by atoms with Gasteiger partial charge < -0.3 is 20.5 Å². The predicted octanol–water partition coefficient (Wildman–Crippen LogP) is 3.57. The van der Waals surface area contributed by atoms with E-state index < -0.39 is 0 Å². The summed E-state index contributed by atoms with van der Waals surface area (Å²) in [4.78, 5) is 9.78. The molecule has 0 spiro atoms. The van der Waals surface area contributed by atoms with Crippen LogP contribution in [0.4, 0.5) is 5.69 Å². The van der Waals surface area contributed by atoms with E-state index in [1.54, 1.807) is 0 Å². The number of aliphatic imine (C=N–C) groups is 1. The van der Waals surface area contributed by atoms with Crippen molar-refractivity contribution in [3.05, 3.63) is 65.9 Å². The Bertz CT molecular complexity index is 893. The van der Waals surface area contributed by atoms with Crippen LogP contribution >= 0.6 is 0 Å². The van der Waals surface area contributed by atoms with Crippen LogP contribution in [0.3, 0.4) is 0 Å². The van der Waals surface area contributed by atoms with E-state index >= 15 is 0 Å². The molecule has 0 amide bonds. The first kappa shape index (κ1) is 19.8. The van der Waals surface area contributed by atoms with Gasteiger partial charge in [0.2, 0.25) is 0 Å². The lowest BCUT2D eigenvalue weighted by atomic mass is 10.1. The van der Waals surface area contributed by atoms with Gasteiger partial charge in [-0.25, -0.2) is 0 Å². The van der Waals surface area contributed by atoms with Crippen LogP contribution in [0.5, 0.6) is 0 Å². The molecule has 148 valence electrons. The summed E-state index contributed by atoms with van der Waals surface area (Å²) in [5.74, 6) is 0.864. The van der Waals surface area contributed by atoms with E-state index in [1.807, 2.05) is 7.05 Å². The average Bonchev–Trinajstić information content (AvgIpc) is 3.13. The van der Waals surface area contributed by atoms with Crippen LogP contribution in [0.15, 0.2) is 59.7 Å². The topological polar surface area (TPSA) is 55.5 Å². The third-order valence-electron chi connectivity index (χ3n) is 4.97. The number of nitrogens with zero attached hydrogens (tertiary/aromatic N) is 2. The van der Waals surface area contributed by atoms with Gasteiger partial charge in [0.25, 0.3) is 0 Å². The molecule has 0 aliphatic heterocycles. The molecule has 0 atom stereocenters. The average molecular weight is 378 g/mol. The number of fused-ring (bicyclic) bond motifs is 1. The maximum absolute atomic E-state index is 4.33. The minimum Gasteiger partial charge on any atom is -0.378 e. The minimum atomic E-state index is 0.855. The Hall–Kier alpha value is -2.95. The minimum absolute atomic E-state index is 0.855. The molecule has 1 aromatic heterocycles. The summed E-state index contributed by atoms with van der Waals surface area (Å²) in [7, 11) is 5.95. The molecule has 3 rings (SSSR count). The summed E-state index contributed by atoms with van der Waals surface area (Å²) < 4.78 is 0. The van der Waals surface area contributed by atoms with Crippen LogP contribution in [0, 0.1) is 0 Å². The second kappa shape index (κ2) is 9.83. The van der Waals surface area contributed by atoms with Crippen LogP contribution in [-0.2, 0) is 12.8 Å². The Kier molecular flexibility index (Phi) is 6.95. The van der Waals surface area contributed by atoms with Crippen molar-refractivity contribution >= 4 is 22.5 Å². The molecule has 3 N–H and O–H groups in total.